The molecule has 2 aliphatic heterocycles. The quantitative estimate of drug-likeness (QED) is 0.729. The Morgan fingerprint density at radius 1 is 0.857 bits per heavy atom. The zero-order valence-electron chi connectivity index (χ0n) is 16.1. The van der Waals surface area contributed by atoms with Crippen LogP contribution in [0.25, 0.3) is 5.57 Å². The van der Waals surface area contributed by atoms with Crippen LogP contribution in [0.1, 0.15) is 18.9 Å². The minimum absolute atomic E-state index is 0.0437. The molecule has 0 aromatic heterocycles. The number of benzene rings is 1. The highest BCUT2D eigenvalue weighted by atomic mass is 16.2. The number of ketones is 1. The molecule has 3 fully saturated rings. The lowest BCUT2D eigenvalue weighted by molar-refractivity contribution is -0.138. The second-order valence-electron chi connectivity index (χ2n) is 8.34. The number of likely N-dealkylation sites (N-methyl/N-ethyl adjacent to an activating group) is 1. The van der Waals surface area contributed by atoms with E-state index in [1.54, 1.807) is 11.9 Å². The van der Waals surface area contributed by atoms with Gasteiger partial charge in [-0.2, -0.15) is 0 Å². The lowest BCUT2D eigenvalue weighted by atomic mass is 9.60. The summed E-state index contributed by atoms with van der Waals surface area (Å²) >= 11 is 0. The van der Waals surface area contributed by atoms with Gasteiger partial charge in [0.2, 0.25) is 11.8 Å². The molecule has 2 aliphatic carbocycles. The molecule has 144 valence electrons. The molecule has 5 rings (SSSR count). The van der Waals surface area contributed by atoms with Crippen LogP contribution in [0.3, 0.4) is 0 Å². The molecule has 2 heterocycles. The van der Waals surface area contributed by atoms with Gasteiger partial charge in [0.05, 0.1) is 17.9 Å². The van der Waals surface area contributed by atoms with Gasteiger partial charge in [-0.15, -0.1) is 0 Å². The van der Waals surface area contributed by atoms with E-state index in [4.69, 9.17) is 0 Å². The number of likely N-dealkylation sites (tertiary alicyclic amines) is 2. The Morgan fingerprint density at radius 3 is 2.14 bits per heavy atom. The van der Waals surface area contributed by atoms with Crippen molar-refractivity contribution >= 4 is 29.1 Å². The Morgan fingerprint density at radius 2 is 1.50 bits per heavy atom. The van der Waals surface area contributed by atoms with Crippen LogP contribution in [0.5, 0.6) is 0 Å². The number of nitrogens with zero attached hydrogens (tertiary/aromatic N) is 2. The number of imide groups is 1. The number of hydrogen-bond donors (Lipinski definition) is 0. The molecule has 4 aliphatic rings. The van der Waals surface area contributed by atoms with Crippen LogP contribution in [0.4, 0.5) is 0 Å². The third-order valence-corrected chi connectivity index (χ3v) is 7.35. The molecule has 6 atom stereocenters. The predicted molar refractivity (Wildman–Crippen MR) is 100 cm³/mol. The number of Topliss-reactive ketones (excluding diaryl/α,β-unsaturated/α-hetero) is 1. The monoisotopic (exact) mass is 378 g/mol. The molecule has 6 heteroatoms. The molecule has 6 nitrogen and oxygen atoms in total. The number of rotatable bonds is 2. The number of amides is 3. The summed E-state index contributed by atoms with van der Waals surface area (Å²) in [6, 6.07) is 8.86. The lowest BCUT2D eigenvalue weighted by Crippen LogP contribution is -2.54. The standard InChI is InChI=1S/C22H22N2O4/c1-4-11-13-15-16(12(19(13)25)10-8-6-5-7-9-10)21(27)23(2)18(15)17-14(11)20(26)24(3)22(17)28/h5-9,11,13-15,17-18H,4H2,1-3H3/t11-,13+,14-,15-,17-,18+/m0/s1. The third kappa shape index (κ3) is 1.83. The first-order chi connectivity index (χ1) is 13.4. The molecule has 0 N–H and O–H groups in total. The van der Waals surface area contributed by atoms with E-state index in [1.165, 1.54) is 11.9 Å². The maximum Gasteiger partial charge on any atom is 0.250 e. The number of allylic oxidation sites excluding steroid dienone is 1. The summed E-state index contributed by atoms with van der Waals surface area (Å²) in [6.45, 7) is 1.96. The fourth-order valence-electron chi connectivity index (χ4n) is 6.24. The molecule has 3 amide bonds. The summed E-state index contributed by atoms with van der Waals surface area (Å²) in [4.78, 5) is 55.4. The normalized spacial score (nSPS) is 36.5. The summed E-state index contributed by atoms with van der Waals surface area (Å²) in [5, 5.41) is 0. The molecule has 0 spiro atoms. The minimum atomic E-state index is -0.557. The first-order valence-corrected chi connectivity index (χ1v) is 9.82. The van der Waals surface area contributed by atoms with Gasteiger partial charge < -0.3 is 4.90 Å². The van der Waals surface area contributed by atoms with Crippen LogP contribution in [0.15, 0.2) is 35.9 Å². The van der Waals surface area contributed by atoms with E-state index in [0.717, 1.165) is 5.56 Å². The van der Waals surface area contributed by atoms with Crippen molar-refractivity contribution in [2.75, 3.05) is 14.1 Å². The second kappa shape index (κ2) is 5.63. The van der Waals surface area contributed by atoms with Gasteiger partial charge in [0.1, 0.15) is 0 Å². The maximum atomic E-state index is 13.6. The van der Waals surface area contributed by atoms with Crippen LogP contribution < -0.4 is 0 Å². The van der Waals surface area contributed by atoms with Gasteiger partial charge in [-0.3, -0.25) is 24.1 Å². The largest absolute Gasteiger partial charge is 0.337 e. The molecule has 0 radical (unpaired) electrons. The van der Waals surface area contributed by atoms with E-state index in [9.17, 15) is 19.2 Å². The zero-order chi connectivity index (χ0) is 19.9. The molecule has 0 bridgehead atoms. The van der Waals surface area contributed by atoms with Crippen molar-refractivity contribution < 1.29 is 19.2 Å². The second-order valence-corrected chi connectivity index (χ2v) is 8.34. The van der Waals surface area contributed by atoms with Gasteiger partial charge >= 0.3 is 0 Å². The van der Waals surface area contributed by atoms with Gasteiger partial charge in [0, 0.05) is 37.1 Å². The van der Waals surface area contributed by atoms with E-state index >= 15 is 0 Å². The lowest BCUT2D eigenvalue weighted by Gasteiger charge is -2.43. The van der Waals surface area contributed by atoms with Crippen molar-refractivity contribution in [3.8, 4) is 0 Å². The van der Waals surface area contributed by atoms with Gasteiger partial charge in [0.15, 0.2) is 5.78 Å². The van der Waals surface area contributed by atoms with Crippen molar-refractivity contribution in [2.24, 2.45) is 29.6 Å². The van der Waals surface area contributed by atoms with Crippen molar-refractivity contribution in [2.45, 2.75) is 19.4 Å². The summed E-state index contributed by atoms with van der Waals surface area (Å²) in [7, 11) is 3.21. The van der Waals surface area contributed by atoms with Crippen molar-refractivity contribution in [1.29, 1.82) is 0 Å². The summed E-state index contributed by atoms with van der Waals surface area (Å²) in [5.41, 5.74) is 1.77. The Bertz CT molecular complexity index is 966. The summed E-state index contributed by atoms with van der Waals surface area (Å²) < 4.78 is 0. The maximum absolute atomic E-state index is 13.6. The molecule has 2 saturated heterocycles. The molecular weight excluding hydrogens is 356 g/mol. The fraction of sp³-hybridized carbons (Fsp3) is 0.455. The van der Waals surface area contributed by atoms with Crippen molar-refractivity contribution in [3.05, 3.63) is 41.5 Å². The van der Waals surface area contributed by atoms with Gasteiger partial charge in [-0.25, -0.2) is 0 Å². The molecule has 28 heavy (non-hydrogen) atoms. The number of carbonyl (C=O) groups excluding carboxylic acids is 4. The molecule has 1 aromatic carbocycles. The van der Waals surface area contributed by atoms with E-state index in [0.29, 0.717) is 17.6 Å². The van der Waals surface area contributed by atoms with E-state index in [1.807, 2.05) is 37.3 Å². The van der Waals surface area contributed by atoms with E-state index < -0.39 is 23.8 Å². The molecule has 1 aromatic rings. The number of hydrogen-bond acceptors (Lipinski definition) is 4. The Balaban J connectivity index is 1.75. The predicted octanol–water partition coefficient (Wildman–Crippen LogP) is 1.37. The van der Waals surface area contributed by atoms with Crippen molar-refractivity contribution in [3.63, 3.8) is 0 Å². The van der Waals surface area contributed by atoms with Crippen LogP contribution in [-0.4, -0.2) is 53.4 Å². The minimum Gasteiger partial charge on any atom is -0.337 e. The van der Waals surface area contributed by atoms with Crippen LogP contribution in [-0.2, 0) is 19.2 Å². The van der Waals surface area contributed by atoms with Crippen LogP contribution in [0, 0.1) is 29.6 Å². The van der Waals surface area contributed by atoms with E-state index in [-0.39, 0.29) is 35.3 Å². The van der Waals surface area contributed by atoms with E-state index in [2.05, 4.69) is 0 Å². The highest BCUT2D eigenvalue weighted by Gasteiger charge is 2.69. The third-order valence-electron chi connectivity index (χ3n) is 7.35. The Hall–Kier alpha value is -2.76. The van der Waals surface area contributed by atoms with Gasteiger partial charge in [-0.1, -0.05) is 43.7 Å². The number of carbonyl (C=O) groups is 4. The van der Waals surface area contributed by atoms with Crippen molar-refractivity contribution in [1.82, 2.24) is 9.80 Å². The molecule has 0 unspecified atom stereocenters. The average molecular weight is 378 g/mol. The van der Waals surface area contributed by atoms with Gasteiger partial charge in [-0.05, 0) is 11.5 Å². The topological polar surface area (TPSA) is 74.8 Å². The summed E-state index contributed by atoms with van der Waals surface area (Å²) in [6.07, 6.45) is 0.626. The van der Waals surface area contributed by atoms with Gasteiger partial charge in [0.25, 0.3) is 5.91 Å². The highest BCUT2D eigenvalue weighted by Crippen LogP contribution is 2.60. The average Bonchev–Trinajstić information content (AvgIpc) is 3.23. The first-order valence-electron chi connectivity index (χ1n) is 9.82. The Kier molecular flexibility index (Phi) is 3.49. The fourth-order valence-corrected chi connectivity index (χ4v) is 6.24. The molecule has 1 saturated carbocycles. The summed E-state index contributed by atoms with van der Waals surface area (Å²) in [5.74, 6) is -2.70. The Labute approximate surface area is 163 Å². The SMILES string of the molecule is CC[C@H]1[C@H]2C(=O)C(c3ccccc3)=C3C(=O)N(C)[C@H]([C@H]32)[C@H]2C(=O)N(C)C(=O)[C@@H]12. The van der Waals surface area contributed by atoms with Crippen LogP contribution in [0.2, 0.25) is 0 Å². The van der Waals surface area contributed by atoms with Crippen LogP contribution >= 0.6 is 0 Å². The number of fused-ring (bicyclic) bond motifs is 2. The first kappa shape index (κ1) is 17.3. The highest BCUT2D eigenvalue weighted by molar-refractivity contribution is 6.32. The smallest absolute Gasteiger partial charge is 0.250 e. The molecular formula is C22H22N2O4. The zero-order valence-corrected chi connectivity index (χ0v) is 16.1.